The van der Waals surface area contributed by atoms with Crippen LogP contribution in [0.15, 0.2) is 60.9 Å². The summed E-state index contributed by atoms with van der Waals surface area (Å²) in [5, 5.41) is 20.9. The van der Waals surface area contributed by atoms with E-state index in [0.717, 1.165) is 47.1 Å². The van der Waals surface area contributed by atoms with Gasteiger partial charge in [0.2, 0.25) is 5.95 Å². The maximum atomic E-state index is 9.54. The molecule has 2 aromatic carbocycles. The molecule has 0 radical (unpaired) electrons. The largest absolute Gasteiger partial charge is 0.378 e. The van der Waals surface area contributed by atoms with Crippen LogP contribution in [0, 0.1) is 18.3 Å². The lowest BCUT2D eigenvalue weighted by molar-refractivity contribution is 0.122. The highest BCUT2D eigenvalue weighted by Gasteiger charge is 2.14. The van der Waals surface area contributed by atoms with Crippen molar-refractivity contribution in [3.8, 4) is 23.0 Å². The summed E-state index contributed by atoms with van der Waals surface area (Å²) in [6.45, 7) is 4.87. The average Bonchev–Trinajstić information content (AvgIpc) is 3.31. The molecule has 9 nitrogen and oxygen atoms in total. The number of hydrogen-bond acceptors (Lipinski definition) is 8. The smallest absolute Gasteiger partial charge is 0.227 e. The molecule has 2 aromatic heterocycles. The van der Waals surface area contributed by atoms with Gasteiger partial charge in [0.15, 0.2) is 0 Å². The van der Waals surface area contributed by atoms with E-state index in [1.165, 1.54) is 0 Å². The summed E-state index contributed by atoms with van der Waals surface area (Å²) in [4.78, 5) is 11.3. The van der Waals surface area contributed by atoms with E-state index in [9.17, 15) is 5.26 Å². The Balaban J connectivity index is 1.38. The van der Waals surface area contributed by atoms with Gasteiger partial charge in [-0.1, -0.05) is 5.21 Å². The number of hydrogen-bond donors (Lipinski definition) is 1. The fraction of sp³-hybridized carbons (Fsp3) is 0.208. The molecular weight excluding hydrogens is 416 g/mol. The van der Waals surface area contributed by atoms with Crippen LogP contribution in [-0.4, -0.2) is 51.3 Å². The SMILES string of the molecule is Cc1cn(-c2ccc(Nc3nccc(-c4cc(C#N)cc(N5CCOCC5)c4)n3)cc2)nn1. The van der Waals surface area contributed by atoms with Crippen molar-refractivity contribution in [1.82, 2.24) is 25.0 Å². The number of nitrogens with one attached hydrogen (secondary N) is 1. The first-order valence-corrected chi connectivity index (χ1v) is 10.7. The van der Waals surface area contributed by atoms with Gasteiger partial charge in [-0.2, -0.15) is 5.26 Å². The third kappa shape index (κ3) is 4.66. The zero-order valence-corrected chi connectivity index (χ0v) is 18.1. The highest BCUT2D eigenvalue weighted by Crippen LogP contribution is 2.27. The fourth-order valence-corrected chi connectivity index (χ4v) is 3.71. The van der Waals surface area contributed by atoms with Crippen molar-refractivity contribution in [2.75, 3.05) is 36.5 Å². The standard InChI is InChI=1S/C24H22N8O/c1-17-16-32(30-29-17)21-4-2-20(3-5-21)27-24-26-7-6-23(28-24)19-12-18(15-25)13-22(14-19)31-8-10-33-11-9-31/h2-7,12-14,16H,8-11H2,1H3,(H,26,27,28). The quantitative estimate of drug-likeness (QED) is 0.505. The Morgan fingerprint density at radius 3 is 2.58 bits per heavy atom. The molecule has 33 heavy (non-hydrogen) atoms. The van der Waals surface area contributed by atoms with Crippen LogP contribution < -0.4 is 10.2 Å². The molecule has 0 atom stereocenters. The third-order valence-corrected chi connectivity index (χ3v) is 5.37. The van der Waals surface area contributed by atoms with Gasteiger partial charge in [0.25, 0.3) is 0 Å². The molecule has 0 bridgehead atoms. The van der Waals surface area contributed by atoms with E-state index in [1.807, 2.05) is 55.6 Å². The Bertz CT molecular complexity index is 1300. The van der Waals surface area contributed by atoms with Gasteiger partial charge in [-0.3, -0.25) is 0 Å². The van der Waals surface area contributed by atoms with E-state index in [2.05, 4.69) is 42.6 Å². The average molecular weight is 438 g/mol. The monoisotopic (exact) mass is 438 g/mol. The van der Waals surface area contributed by atoms with Crippen molar-refractivity contribution >= 4 is 17.3 Å². The molecule has 164 valence electrons. The van der Waals surface area contributed by atoms with Crippen molar-refractivity contribution in [2.45, 2.75) is 6.92 Å². The Hall–Kier alpha value is -4.29. The highest BCUT2D eigenvalue weighted by molar-refractivity contribution is 5.70. The predicted octanol–water partition coefficient (Wildman–Crippen LogP) is 3.48. The van der Waals surface area contributed by atoms with E-state index < -0.39 is 0 Å². The van der Waals surface area contributed by atoms with Crippen LogP contribution in [0.25, 0.3) is 16.9 Å². The van der Waals surface area contributed by atoms with Gasteiger partial charge in [-0.05, 0) is 55.5 Å². The highest BCUT2D eigenvalue weighted by atomic mass is 16.5. The normalized spacial score (nSPS) is 13.5. The van der Waals surface area contributed by atoms with E-state index in [1.54, 1.807) is 10.9 Å². The molecule has 0 saturated carbocycles. The van der Waals surface area contributed by atoms with Gasteiger partial charge in [0.1, 0.15) is 0 Å². The zero-order chi connectivity index (χ0) is 22.6. The Labute approximate surface area is 191 Å². The number of benzene rings is 2. The first-order chi connectivity index (χ1) is 16.2. The first kappa shape index (κ1) is 20.6. The predicted molar refractivity (Wildman–Crippen MR) is 125 cm³/mol. The summed E-state index contributed by atoms with van der Waals surface area (Å²) >= 11 is 0. The molecule has 4 aromatic rings. The number of nitrogens with zero attached hydrogens (tertiary/aromatic N) is 7. The number of ether oxygens (including phenoxy) is 1. The van der Waals surface area contributed by atoms with Crippen LogP contribution >= 0.6 is 0 Å². The van der Waals surface area contributed by atoms with Gasteiger partial charge in [0, 0.05) is 36.2 Å². The van der Waals surface area contributed by atoms with Crippen LogP contribution in [0.1, 0.15) is 11.3 Å². The number of aromatic nitrogens is 5. The molecule has 0 aliphatic carbocycles. The minimum atomic E-state index is 0.479. The van der Waals surface area contributed by atoms with Crippen molar-refractivity contribution < 1.29 is 4.74 Å². The Morgan fingerprint density at radius 2 is 1.85 bits per heavy atom. The molecule has 1 aliphatic heterocycles. The van der Waals surface area contributed by atoms with E-state index in [4.69, 9.17) is 4.74 Å². The lowest BCUT2D eigenvalue weighted by Gasteiger charge is -2.29. The van der Waals surface area contributed by atoms with Crippen LogP contribution in [0.3, 0.4) is 0 Å². The van der Waals surface area contributed by atoms with Crippen molar-refractivity contribution in [3.05, 3.63) is 72.2 Å². The molecule has 1 saturated heterocycles. The molecule has 0 unspecified atom stereocenters. The summed E-state index contributed by atoms with van der Waals surface area (Å²) < 4.78 is 7.18. The first-order valence-electron chi connectivity index (χ1n) is 10.7. The Morgan fingerprint density at radius 1 is 1.03 bits per heavy atom. The summed E-state index contributed by atoms with van der Waals surface area (Å²) in [6, 6.07) is 17.7. The van der Waals surface area contributed by atoms with Crippen molar-refractivity contribution in [2.24, 2.45) is 0 Å². The number of rotatable bonds is 5. The Kier molecular flexibility index (Phi) is 5.66. The fourth-order valence-electron chi connectivity index (χ4n) is 3.71. The minimum absolute atomic E-state index is 0.479. The second-order valence-corrected chi connectivity index (χ2v) is 7.72. The lowest BCUT2D eigenvalue weighted by atomic mass is 10.1. The number of nitriles is 1. The molecule has 0 spiro atoms. The van der Waals surface area contributed by atoms with Crippen molar-refractivity contribution in [1.29, 1.82) is 5.26 Å². The number of anilines is 3. The lowest BCUT2D eigenvalue weighted by Crippen LogP contribution is -2.36. The van der Waals surface area contributed by atoms with E-state index in [0.29, 0.717) is 24.7 Å². The van der Waals surface area contributed by atoms with Crippen LogP contribution in [0.2, 0.25) is 0 Å². The van der Waals surface area contributed by atoms with E-state index in [-0.39, 0.29) is 0 Å². The number of aryl methyl sites for hydroxylation is 1. The third-order valence-electron chi connectivity index (χ3n) is 5.37. The maximum Gasteiger partial charge on any atom is 0.227 e. The molecule has 5 rings (SSSR count). The number of morpholine rings is 1. The molecule has 3 heterocycles. The molecule has 1 aliphatic rings. The van der Waals surface area contributed by atoms with Crippen LogP contribution in [0.4, 0.5) is 17.3 Å². The summed E-state index contributed by atoms with van der Waals surface area (Å²) in [5.41, 5.74) is 5.85. The molecular formula is C24H22N8O. The van der Waals surface area contributed by atoms with Crippen LogP contribution in [-0.2, 0) is 4.74 Å². The van der Waals surface area contributed by atoms with Gasteiger partial charge < -0.3 is 15.0 Å². The topological polar surface area (TPSA) is 105 Å². The van der Waals surface area contributed by atoms with Crippen molar-refractivity contribution in [3.63, 3.8) is 0 Å². The molecule has 1 fully saturated rings. The zero-order valence-electron chi connectivity index (χ0n) is 18.1. The molecule has 1 N–H and O–H groups in total. The summed E-state index contributed by atoms with van der Waals surface area (Å²) in [6.07, 6.45) is 3.58. The van der Waals surface area contributed by atoms with Gasteiger partial charge in [0.05, 0.1) is 48.1 Å². The van der Waals surface area contributed by atoms with Gasteiger partial charge in [-0.15, -0.1) is 5.10 Å². The van der Waals surface area contributed by atoms with Gasteiger partial charge in [-0.25, -0.2) is 14.6 Å². The maximum absolute atomic E-state index is 9.54. The van der Waals surface area contributed by atoms with E-state index >= 15 is 0 Å². The summed E-state index contributed by atoms with van der Waals surface area (Å²) in [7, 11) is 0. The summed E-state index contributed by atoms with van der Waals surface area (Å²) in [5.74, 6) is 0.479. The van der Waals surface area contributed by atoms with Gasteiger partial charge >= 0.3 is 0 Å². The minimum Gasteiger partial charge on any atom is -0.378 e. The van der Waals surface area contributed by atoms with Crippen LogP contribution in [0.5, 0.6) is 0 Å². The second-order valence-electron chi connectivity index (χ2n) is 7.72. The molecule has 0 amide bonds. The second kappa shape index (κ2) is 9.06. The molecule has 9 heteroatoms.